The van der Waals surface area contributed by atoms with Crippen LogP contribution in [0, 0.1) is 5.82 Å². The van der Waals surface area contributed by atoms with Gasteiger partial charge < -0.3 is 5.73 Å². The number of benzene rings is 1. The number of sulfone groups is 1. The lowest BCUT2D eigenvalue weighted by atomic mass is 10.2. The molecule has 1 unspecified atom stereocenters. The van der Waals surface area contributed by atoms with Gasteiger partial charge in [0.2, 0.25) is 0 Å². The quantitative estimate of drug-likeness (QED) is 0.923. The van der Waals surface area contributed by atoms with Gasteiger partial charge >= 0.3 is 0 Å². The highest BCUT2D eigenvalue weighted by molar-refractivity contribution is 9.10. The maximum atomic E-state index is 13.2. The first-order chi connectivity index (χ1) is 7.32. The van der Waals surface area contributed by atoms with Crippen LogP contribution < -0.4 is 5.73 Å². The second-order valence-electron chi connectivity index (χ2n) is 3.74. The molecule has 0 aliphatic rings. The van der Waals surface area contributed by atoms with Crippen LogP contribution in [0.1, 0.15) is 12.5 Å². The molecule has 2 N–H and O–H groups in total. The number of hydrogen-bond donors (Lipinski definition) is 1. The van der Waals surface area contributed by atoms with Crippen molar-refractivity contribution >= 4 is 25.8 Å². The van der Waals surface area contributed by atoms with Gasteiger partial charge in [0.1, 0.15) is 5.82 Å². The van der Waals surface area contributed by atoms with Gasteiger partial charge in [-0.15, -0.1) is 0 Å². The molecule has 1 rings (SSSR count). The Labute approximate surface area is 103 Å². The fourth-order valence-corrected chi connectivity index (χ4v) is 3.58. The summed E-state index contributed by atoms with van der Waals surface area (Å²) in [6.45, 7) is 1.62. The lowest BCUT2D eigenvalue weighted by Gasteiger charge is -2.08. The summed E-state index contributed by atoms with van der Waals surface area (Å²) in [5.74, 6) is -0.767. The van der Waals surface area contributed by atoms with E-state index in [0.29, 0.717) is 5.56 Å². The van der Waals surface area contributed by atoms with Crippen molar-refractivity contribution in [1.29, 1.82) is 0 Å². The van der Waals surface area contributed by atoms with Gasteiger partial charge in [-0.3, -0.25) is 0 Å². The normalized spacial score (nSPS) is 13.8. The van der Waals surface area contributed by atoms with E-state index in [9.17, 15) is 12.8 Å². The molecule has 90 valence electrons. The van der Waals surface area contributed by atoms with Crippen LogP contribution in [0.2, 0.25) is 0 Å². The van der Waals surface area contributed by atoms with E-state index in [2.05, 4.69) is 15.9 Å². The van der Waals surface area contributed by atoms with E-state index in [0.717, 1.165) is 0 Å². The lowest BCUT2D eigenvalue weighted by Crippen LogP contribution is -2.27. The third-order valence-electron chi connectivity index (χ3n) is 1.92. The molecule has 1 aromatic carbocycles. The molecule has 0 saturated carbocycles. The van der Waals surface area contributed by atoms with E-state index >= 15 is 0 Å². The largest absolute Gasteiger partial charge is 0.327 e. The van der Waals surface area contributed by atoms with Crippen molar-refractivity contribution in [2.75, 3.05) is 5.75 Å². The first kappa shape index (κ1) is 13.6. The standard InChI is InChI=1S/C10H13BrFNO2S/c1-7(13)5-16(14,15)6-8-3-2-4-9(12)10(8)11/h2-4,7H,5-6,13H2,1H3. The summed E-state index contributed by atoms with van der Waals surface area (Å²) >= 11 is 3.03. The van der Waals surface area contributed by atoms with E-state index in [-0.39, 0.29) is 16.0 Å². The SMILES string of the molecule is CC(N)CS(=O)(=O)Cc1cccc(F)c1Br. The molecule has 0 spiro atoms. The minimum absolute atomic E-state index is 0.101. The van der Waals surface area contributed by atoms with Crippen molar-refractivity contribution in [1.82, 2.24) is 0 Å². The van der Waals surface area contributed by atoms with Crippen LogP contribution in [0.25, 0.3) is 0 Å². The Morgan fingerprint density at radius 2 is 2.12 bits per heavy atom. The van der Waals surface area contributed by atoms with Gasteiger partial charge in [-0.2, -0.15) is 0 Å². The predicted molar refractivity (Wildman–Crippen MR) is 65.2 cm³/mol. The molecule has 0 aliphatic heterocycles. The maximum absolute atomic E-state index is 13.2. The maximum Gasteiger partial charge on any atom is 0.155 e. The Bertz CT molecular complexity index is 474. The van der Waals surface area contributed by atoms with Crippen LogP contribution >= 0.6 is 15.9 Å². The van der Waals surface area contributed by atoms with Crippen molar-refractivity contribution < 1.29 is 12.8 Å². The number of hydrogen-bond acceptors (Lipinski definition) is 3. The minimum atomic E-state index is -3.29. The molecule has 0 amide bonds. The zero-order valence-electron chi connectivity index (χ0n) is 8.78. The topological polar surface area (TPSA) is 60.2 Å². The van der Waals surface area contributed by atoms with Crippen molar-refractivity contribution in [3.63, 3.8) is 0 Å². The van der Waals surface area contributed by atoms with Crippen molar-refractivity contribution in [3.8, 4) is 0 Å². The summed E-state index contributed by atoms with van der Waals surface area (Å²) in [5.41, 5.74) is 5.85. The summed E-state index contributed by atoms with van der Waals surface area (Å²) in [6.07, 6.45) is 0. The summed E-state index contributed by atoms with van der Waals surface area (Å²) in [5, 5.41) is 0. The van der Waals surface area contributed by atoms with E-state index in [1.54, 1.807) is 13.0 Å². The highest BCUT2D eigenvalue weighted by Gasteiger charge is 2.17. The van der Waals surface area contributed by atoms with Gasteiger partial charge in [-0.05, 0) is 34.5 Å². The Morgan fingerprint density at radius 3 is 2.69 bits per heavy atom. The second-order valence-corrected chi connectivity index (χ2v) is 6.65. The molecule has 0 saturated heterocycles. The third kappa shape index (κ3) is 3.84. The molecular weight excluding hydrogens is 297 g/mol. The first-order valence-corrected chi connectivity index (χ1v) is 7.32. The average Bonchev–Trinajstić information content (AvgIpc) is 2.10. The van der Waals surface area contributed by atoms with E-state index in [1.807, 2.05) is 0 Å². The Morgan fingerprint density at radius 1 is 1.50 bits per heavy atom. The van der Waals surface area contributed by atoms with E-state index in [4.69, 9.17) is 5.73 Å². The number of halogens is 2. The van der Waals surface area contributed by atoms with E-state index < -0.39 is 21.7 Å². The molecule has 6 heteroatoms. The highest BCUT2D eigenvalue weighted by atomic mass is 79.9. The fraction of sp³-hybridized carbons (Fsp3) is 0.400. The summed E-state index contributed by atoms with van der Waals surface area (Å²) in [4.78, 5) is 0. The van der Waals surface area contributed by atoms with Gasteiger partial charge in [0.25, 0.3) is 0 Å². The van der Waals surface area contributed by atoms with Crippen molar-refractivity contribution in [2.24, 2.45) is 5.73 Å². The van der Waals surface area contributed by atoms with E-state index in [1.165, 1.54) is 12.1 Å². The van der Waals surface area contributed by atoms with Crippen LogP contribution in [0.4, 0.5) is 4.39 Å². The molecule has 1 aromatic rings. The number of rotatable bonds is 4. The zero-order valence-corrected chi connectivity index (χ0v) is 11.2. The van der Waals surface area contributed by atoms with Gasteiger partial charge in [-0.1, -0.05) is 12.1 Å². The van der Waals surface area contributed by atoms with Gasteiger partial charge in [0, 0.05) is 6.04 Å². The first-order valence-electron chi connectivity index (χ1n) is 4.71. The van der Waals surface area contributed by atoms with Crippen LogP contribution in [-0.2, 0) is 15.6 Å². The second kappa shape index (κ2) is 5.25. The smallest absolute Gasteiger partial charge is 0.155 e. The van der Waals surface area contributed by atoms with Gasteiger partial charge in [0.15, 0.2) is 9.84 Å². The molecule has 0 bridgehead atoms. The highest BCUT2D eigenvalue weighted by Crippen LogP contribution is 2.22. The van der Waals surface area contributed by atoms with Gasteiger partial charge in [-0.25, -0.2) is 12.8 Å². The molecule has 0 radical (unpaired) electrons. The molecule has 3 nitrogen and oxygen atoms in total. The van der Waals surface area contributed by atoms with Crippen molar-refractivity contribution in [3.05, 3.63) is 34.1 Å². The van der Waals surface area contributed by atoms with Crippen LogP contribution in [0.15, 0.2) is 22.7 Å². The summed E-state index contributed by atoms with van der Waals surface area (Å²) in [7, 11) is -3.29. The Balaban J connectivity index is 2.93. The summed E-state index contributed by atoms with van der Waals surface area (Å²) < 4.78 is 36.6. The Kier molecular flexibility index (Phi) is 4.46. The monoisotopic (exact) mass is 309 g/mol. The average molecular weight is 310 g/mol. The number of nitrogens with two attached hydrogens (primary N) is 1. The molecule has 0 fully saturated rings. The Hall–Kier alpha value is -0.460. The molecule has 0 heterocycles. The fourth-order valence-electron chi connectivity index (χ4n) is 1.36. The minimum Gasteiger partial charge on any atom is -0.327 e. The molecule has 0 aromatic heterocycles. The molecule has 16 heavy (non-hydrogen) atoms. The molecule has 1 atom stereocenters. The van der Waals surface area contributed by atoms with Crippen LogP contribution in [0.3, 0.4) is 0 Å². The lowest BCUT2D eigenvalue weighted by molar-refractivity contribution is 0.588. The third-order valence-corrected chi connectivity index (χ3v) is 4.60. The molecule has 0 aliphatic carbocycles. The van der Waals surface area contributed by atoms with Gasteiger partial charge in [0.05, 0.1) is 16.0 Å². The van der Waals surface area contributed by atoms with Crippen LogP contribution in [-0.4, -0.2) is 20.2 Å². The summed E-state index contributed by atoms with van der Waals surface area (Å²) in [6, 6.07) is 3.91. The predicted octanol–water partition coefficient (Wildman–Crippen LogP) is 1.85. The zero-order chi connectivity index (χ0) is 12.3. The molecular formula is C10H13BrFNO2S. The van der Waals surface area contributed by atoms with Crippen LogP contribution in [0.5, 0.6) is 0 Å². The van der Waals surface area contributed by atoms with Crippen molar-refractivity contribution in [2.45, 2.75) is 18.7 Å².